The highest BCUT2D eigenvalue weighted by atomic mass is 79.9. The Bertz CT molecular complexity index is 1490. The van der Waals surface area contributed by atoms with Crippen LogP contribution in [0, 0.1) is 11.8 Å². The van der Waals surface area contributed by atoms with E-state index in [0.717, 1.165) is 39.5 Å². The number of fused-ring (bicyclic) bond motifs is 1. The summed E-state index contributed by atoms with van der Waals surface area (Å²) in [6, 6.07) is 14.0. The maximum atomic E-state index is 13.5. The Morgan fingerprint density at radius 2 is 1.67 bits per heavy atom. The number of hydrogen-bond donors (Lipinski definition) is 0. The number of carbonyl (C=O) groups excluding carboxylic acids is 3. The van der Waals surface area contributed by atoms with Gasteiger partial charge in [-0.15, -0.1) is 0 Å². The van der Waals surface area contributed by atoms with E-state index in [0.29, 0.717) is 41.9 Å². The first-order valence-corrected chi connectivity index (χ1v) is 16.3. The molecule has 43 heavy (non-hydrogen) atoms. The number of ketones is 1. The van der Waals surface area contributed by atoms with Crippen LogP contribution in [0.2, 0.25) is 0 Å². The first-order chi connectivity index (χ1) is 20.5. The lowest BCUT2D eigenvalue weighted by Crippen LogP contribution is -2.44. The van der Waals surface area contributed by atoms with Crippen molar-refractivity contribution in [2.45, 2.75) is 71.0 Å². The van der Waals surface area contributed by atoms with Gasteiger partial charge in [0.25, 0.3) is 0 Å². The first-order valence-electron chi connectivity index (χ1n) is 14.7. The molecule has 226 valence electrons. The Hall–Kier alpha value is -2.97. The van der Waals surface area contributed by atoms with Crippen LogP contribution in [-0.2, 0) is 19.0 Å². The molecule has 0 saturated carbocycles. The van der Waals surface area contributed by atoms with Crippen LogP contribution >= 0.6 is 31.9 Å². The molecular formula is C35H36Br2O6. The normalized spacial score (nSPS) is 24.0. The summed E-state index contributed by atoms with van der Waals surface area (Å²) in [5, 5.41) is 0. The van der Waals surface area contributed by atoms with Crippen molar-refractivity contribution in [1.82, 2.24) is 0 Å². The van der Waals surface area contributed by atoms with Crippen molar-refractivity contribution in [2.24, 2.45) is 11.8 Å². The number of halogens is 2. The molecule has 0 saturated heterocycles. The van der Waals surface area contributed by atoms with E-state index in [1.807, 2.05) is 19.1 Å². The molecule has 6 nitrogen and oxygen atoms in total. The molecule has 0 unspecified atom stereocenters. The van der Waals surface area contributed by atoms with E-state index in [4.69, 9.17) is 14.2 Å². The lowest BCUT2D eigenvalue weighted by Gasteiger charge is -2.43. The number of benzene rings is 2. The average molecular weight is 712 g/mol. The van der Waals surface area contributed by atoms with Gasteiger partial charge in [-0.05, 0) is 99.6 Å². The molecule has 0 bridgehead atoms. The minimum Gasteiger partial charge on any atom is -0.491 e. The minimum absolute atomic E-state index is 0.100. The predicted molar refractivity (Wildman–Crippen MR) is 171 cm³/mol. The SMILES string of the molecule is C/C(=C\CC[C@@H](C)C1=CC[C@@]2(C)OC3=C(C[C@@H]12)C(=O)[C@H](OC(=O)c1ccc(Br)cc1)CC3)COC(=O)c1ccc(Br)cc1. The monoisotopic (exact) mass is 710 g/mol. The van der Waals surface area contributed by atoms with E-state index in [-0.39, 0.29) is 29.9 Å². The van der Waals surface area contributed by atoms with Gasteiger partial charge in [0.1, 0.15) is 18.0 Å². The van der Waals surface area contributed by atoms with Crippen LogP contribution in [0.15, 0.2) is 92.1 Å². The van der Waals surface area contributed by atoms with Gasteiger partial charge in [-0.2, -0.15) is 0 Å². The summed E-state index contributed by atoms with van der Waals surface area (Å²) in [6.07, 6.45) is 7.85. The zero-order chi connectivity index (χ0) is 30.7. The number of esters is 2. The fraction of sp³-hybridized carbons (Fsp3) is 0.400. The fourth-order valence-electron chi connectivity index (χ4n) is 6.19. The van der Waals surface area contributed by atoms with Crippen molar-refractivity contribution in [3.05, 3.63) is 103 Å². The van der Waals surface area contributed by atoms with Crippen molar-refractivity contribution < 1.29 is 28.6 Å². The summed E-state index contributed by atoms with van der Waals surface area (Å²) in [7, 11) is 0. The van der Waals surface area contributed by atoms with E-state index in [1.54, 1.807) is 36.4 Å². The van der Waals surface area contributed by atoms with Gasteiger partial charge in [0.15, 0.2) is 6.10 Å². The molecule has 0 N–H and O–H groups in total. The molecule has 0 spiro atoms. The molecule has 1 heterocycles. The Morgan fingerprint density at radius 1 is 1.05 bits per heavy atom. The average Bonchev–Trinajstić information content (AvgIpc) is 3.33. The number of allylic oxidation sites excluding steroid dienone is 2. The summed E-state index contributed by atoms with van der Waals surface area (Å²) in [4.78, 5) is 38.6. The second-order valence-electron chi connectivity index (χ2n) is 11.9. The lowest BCUT2D eigenvalue weighted by atomic mass is 9.73. The minimum atomic E-state index is -0.792. The number of ether oxygens (including phenoxy) is 3. The third-order valence-corrected chi connectivity index (χ3v) is 9.77. The molecule has 1 aliphatic heterocycles. The quantitative estimate of drug-likeness (QED) is 0.191. The van der Waals surface area contributed by atoms with Crippen LogP contribution in [0.5, 0.6) is 0 Å². The van der Waals surface area contributed by atoms with Crippen molar-refractivity contribution in [1.29, 1.82) is 0 Å². The van der Waals surface area contributed by atoms with Crippen LogP contribution in [0.3, 0.4) is 0 Å². The molecule has 2 aromatic rings. The summed E-state index contributed by atoms with van der Waals surface area (Å²) in [5.41, 5.74) is 3.59. The maximum Gasteiger partial charge on any atom is 0.338 e. The third kappa shape index (κ3) is 7.23. The lowest BCUT2D eigenvalue weighted by molar-refractivity contribution is -0.128. The molecule has 8 heteroatoms. The smallest absolute Gasteiger partial charge is 0.338 e. The highest BCUT2D eigenvalue weighted by Gasteiger charge is 2.50. The Kier molecular flexibility index (Phi) is 9.76. The number of rotatable bonds is 9. The summed E-state index contributed by atoms with van der Waals surface area (Å²) in [5.74, 6) is 0.206. The highest BCUT2D eigenvalue weighted by Crippen LogP contribution is 2.52. The van der Waals surface area contributed by atoms with Gasteiger partial charge in [-0.3, -0.25) is 4.79 Å². The van der Waals surface area contributed by atoms with Gasteiger partial charge >= 0.3 is 11.9 Å². The molecule has 0 fully saturated rings. The largest absolute Gasteiger partial charge is 0.491 e. The summed E-state index contributed by atoms with van der Waals surface area (Å²) < 4.78 is 19.5. The summed E-state index contributed by atoms with van der Waals surface area (Å²) >= 11 is 6.74. The maximum absolute atomic E-state index is 13.5. The number of hydrogen-bond acceptors (Lipinski definition) is 6. The zero-order valence-corrected chi connectivity index (χ0v) is 27.8. The van der Waals surface area contributed by atoms with E-state index >= 15 is 0 Å². The third-order valence-electron chi connectivity index (χ3n) is 8.71. The van der Waals surface area contributed by atoms with Crippen molar-refractivity contribution in [2.75, 3.05) is 6.61 Å². The molecule has 5 rings (SSSR count). The standard InChI is InChI=1S/C35H36Br2O6/c1-21(20-41-33(39)23-7-11-25(36)12-8-23)5-4-6-22(2)27-17-18-35(3)29(27)19-28-30(43-35)15-16-31(32(28)38)42-34(40)24-9-13-26(37)14-10-24/h5,7-14,17,22,29,31H,4,6,15-16,18-20H2,1-3H3/b21-5+/t22-,29+,31-,35-/m1/s1. The van der Waals surface area contributed by atoms with Gasteiger partial charge in [-0.25, -0.2) is 9.59 Å². The van der Waals surface area contributed by atoms with Gasteiger partial charge in [0.05, 0.1) is 11.1 Å². The van der Waals surface area contributed by atoms with E-state index in [2.05, 4.69) is 57.9 Å². The number of Topliss-reactive ketones (excluding diaryl/α,β-unsaturated/α-hetero) is 1. The van der Waals surface area contributed by atoms with Gasteiger partial charge < -0.3 is 14.2 Å². The molecule has 2 aromatic carbocycles. The molecule has 4 atom stereocenters. The Labute approximate surface area is 269 Å². The summed E-state index contributed by atoms with van der Waals surface area (Å²) in [6.45, 7) is 6.60. The van der Waals surface area contributed by atoms with Crippen molar-refractivity contribution in [3.63, 3.8) is 0 Å². The second kappa shape index (κ2) is 13.3. The van der Waals surface area contributed by atoms with E-state index < -0.39 is 12.1 Å². The highest BCUT2D eigenvalue weighted by molar-refractivity contribution is 9.10. The van der Waals surface area contributed by atoms with Crippen LogP contribution in [0.4, 0.5) is 0 Å². The first kappa shape index (κ1) is 31.5. The Morgan fingerprint density at radius 3 is 2.33 bits per heavy atom. The second-order valence-corrected chi connectivity index (χ2v) is 13.7. The van der Waals surface area contributed by atoms with Crippen LogP contribution in [0.1, 0.15) is 80.0 Å². The topological polar surface area (TPSA) is 78.9 Å². The fourth-order valence-corrected chi connectivity index (χ4v) is 6.72. The molecular weight excluding hydrogens is 676 g/mol. The molecule has 0 amide bonds. The van der Waals surface area contributed by atoms with Crippen molar-refractivity contribution >= 4 is 49.6 Å². The van der Waals surface area contributed by atoms with Gasteiger partial charge in [0, 0.05) is 33.3 Å². The van der Waals surface area contributed by atoms with Gasteiger partial charge in [-0.1, -0.05) is 56.5 Å². The molecule has 3 aliphatic rings. The Balaban J connectivity index is 1.16. The van der Waals surface area contributed by atoms with Crippen LogP contribution < -0.4 is 0 Å². The van der Waals surface area contributed by atoms with Crippen LogP contribution in [0.25, 0.3) is 0 Å². The predicted octanol–water partition coefficient (Wildman–Crippen LogP) is 8.70. The zero-order valence-electron chi connectivity index (χ0n) is 24.7. The van der Waals surface area contributed by atoms with Crippen LogP contribution in [-0.4, -0.2) is 36.0 Å². The van der Waals surface area contributed by atoms with E-state index in [1.165, 1.54) is 5.57 Å². The molecule has 0 radical (unpaired) electrons. The van der Waals surface area contributed by atoms with Crippen molar-refractivity contribution in [3.8, 4) is 0 Å². The van der Waals surface area contributed by atoms with E-state index in [9.17, 15) is 14.4 Å². The molecule has 0 aromatic heterocycles. The van der Waals surface area contributed by atoms with Gasteiger partial charge in [0.2, 0.25) is 5.78 Å². The molecule has 2 aliphatic carbocycles. The number of carbonyl (C=O) groups is 3.